The quantitative estimate of drug-likeness (QED) is 0.836. The van der Waals surface area contributed by atoms with E-state index in [4.69, 9.17) is 4.74 Å². The number of nitrogens with zero attached hydrogens (tertiary/aromatic N) is 1. The van der Waals surface area contributed by atoms with Gasteiger partial charge in [0.05, 0.1) is 12.2 Å². The van der Waals surface area contributed by atoms with E-state index in [2.05, 4.69) is 10.3 Å². The Bertz CT molecular complexity index is 370. The van der Waals surface area contributed by atoms with Gasteiger partial charge in [0.1, 0.15) is 5.60 Å². The average molecular weight is 222 g/mol. The second-order valence-electron chi connectivity index (χ2n) is 4.62. The summed E-state index contributed by atoms with van der Waals surface area (Å²) in [6, 6.07) is 3.82. The van der Waals surface area contributed by atoms with Gasteiger partial charge in [-0.15, -0.1) is 0 Å². The standard InChI is InChI=1S/C12H18N2O2/c1-9-6-5-7-13-10(9)8-14-11(15)16-12(2,3)4/h5-7H,8H2,1-4H3,(H,14,15). The van der Waals surface area contributed by atoms with E-state index >= 15 is 0 Å². The van der Waals surface area contributed by atoms with Gasteiger partial charge >= 0.3 is 6.09 Å². The van der Waals surface area contributed by atoms with E-state index in [1.807, 2.05) is 39.8 Å². The Balaban J connectivity index is 2.47. The average Bonchev–Trinajstić information content (AvgIpc) is 2.14. The van der Waals surface area contributed by atoms with Crippen molar-refractivity contribution in [3.8, 4) is 0 Å². The van der Waals surface area contributed by atoms with Crippen molar-refractivity contribution in [3.63, 3.8) is 0 Å². The molecule has 1 N–H and O–H groups in total. The molecule has 0 aliphatic rings. The number of aromatic nitrogens is 1. The molecule has 1 amide bonds. The fraction of sp³-hybridized carbons (Fsp3) is 0.500. The molecule has 0 unspecified atom stereocenters. The van der Waals surface area contributed by atoms with Crippen LogP contribution in [0.2, 0.25) is 0 Å². The molecule has 0 saturated carbocycles. The predicted molar refractivity (Wildman–Crippen MR) is 62.0 cm³/mol. The first kappa shape index (κ1) is 12.5. The summed E-state index contributed by atoms with van der Waals surface area (Å²) in [5, 5.41) is 2.67. The van der Waals surface area contributed by atoms with Crippen molar-refractivity contribution in [1.29, 1.82) is 0 Å². The lowest BCUT2D eigenvalue weighted by atomic mass is 10.2. The zero-order chi connectivity index (χ0) is 12.2. The first-order valence-electron chi connectivity index (χ1n) is 5.26. The van der Waals surface area contributed by atoms with Crippen molar-refractivity contribution in [2.24, 2.45) is 0 Å². The number of alkyl carbamates (subject to hydrolysis) is 1. The maximum absolute atomic E-state index is 11.4. The minimum Gasteiger partial charge on any atom is -0.444 e. The lowest BCUT2D eigenvalue weighted by Crippen LogP contribution is -2.32. The van der Waals surface area contributed by atoms with Crippen molar-refractivity contribution in [2.75, 3.05) is 0 Å². The lowest BCUT2D eigenvalue weighted by Gasteiger charge is -2.19. The monoisotopic (exact) mass is 222 g/mol. The van der Waals surface area contributed by atoms with Crippen LogP contribution in [0.15, 0.2) is 18.3 Å². The fourth-order valence-corrected chi connectivity index (χ4v) is 1.17. The number of hydrogen-bond acceptors (Lipinski definition) is 3. The highest BCUT2D eigenvalue weighted by Gasteiger charge is 2.15. The molecule has 4 heteroatoms. The lowest BCUT2D eigenvalue weighted by molar-refractivity contribution is 0.0523. The summed E-state index contributed by atoms with van der Waals surface area (Å²) in [7, 11) is 0. The van der Waals surface area contributed by atoms with Crippen LogP contribution in [-0.2, 0) is 11.3 Å². The molecule has 16 heavy (non-hydrogen) atoms. The van der Waals surface area contributed by atoms with Gasteiger partial charge < -0.3 is 10.1 Å². The van der Waals surface area contributed by atoms with Crippen LogP contribution in [0.5, 0.6) is 0 Å². The summed E-state index contributed by atoms with van der Waals surface area (Å²) >= 11 is 0. The summed E-state index contributed by atoms with van der Waals surface area (Å²) in [6.45, 7) is 7.84. The molecule has 0 bridgehead atoms. The Morgan fingerprint density at radius 2 is 2.19 bits per heavy atom. The van der Waals surface area contributed by atoms with Gasteiger partial charge in [-0.3, -0.25) is 4.98 Å². The summed E-state index contributed by atoms with van der Waals surface area (Å²) in [6.07, 6.45) is 1.29. The van der Waals surface area contributed by atoms with Gasteiger partial charge in [-0.05, 0) is 39.3 Å². The minimum absolute atomic E-state index is 0.390. The molecule has 0 spiro atoms. The third kappa shape index (κ3) is 4.29. The van der Waals surface area contributed by atoms with Crippen LogP contribution in [-0.4, -0.2) is 16.7 Å². The minimum atomic E-state index is -0.469. The fourth-order valence-electron chi connectivity index (χ4n) is 1.17. The third-order valence-electron chi connectivity index (χ3n) is 1.92. The molecule has 1 rings (SSSR count). The Morgan fingerprint density at radius 3 is 2.75 bits per heavy atom. The molecule has 0 radical (unpaired) electrons. The topological polar surface area (TPSA) is 51.2 Å². The number of carbonyl (C=O) groups excluding carboxylic acids is 1. The number of ether oxygens (including phenoxy) is 1. The molecule has 0 aromatic carbocycles. The van der Waals surface area contributed by atoms with E-state index in [9.17, 15) is 4.79 Å². The van der Waals surface area contributed by atoms with E-state index in [1.165, 1.54) is 0 Å². The molecule has 1 heterocycles. The molecule has 0 fully saturated rings. The molecule has 0 atom stereocenters. The predicted octanol–water partition coefficient (Wildman–Crippen LogP) is 2.41. The summed E-state index contributed by atoms with van der Waals surface area (Å²) in [5.41, 5.74) is 1.44. The SMILES string of the molecule is Cc1cccnc1CNC(=O)OC(C)(C)C. The summed E-state index contributed by atoms with van der Waals surface area (Å²) < 4.78 is 5.12. The van der Waals surface area contributed by atoms with Crippen molar-refractivity contribution >= 4 is 6.09 Å². The molecule has 1 aromatic heterocycles. The van der Waals surface area contributed by atoms with E-state index in [0.717, 1.165) is 11.3 Å². The molecule has 4 nitrogen and oxygen atoms in total. The molecular formula is C12H18N2O2. The molecule has 88 valence electrons. The Kier molecular flexibility index (Phi) is 3.88. The number of pyridine rings is 1. The summed E-state index contributed by atoms with van der Waals surface area (Å²) in [5.74, 6) is 0. The third-order valence-corrected chi connectivity index (χ3v) is 1.92. The van der Waals surface area contributed by atoms with Gasteiger partial charge in [0.25, 0.3) is 0 Å². The van der Waals surface area contributed by atoms with Gasteiger partial charge in [-0.2, -0.15) is 0 Å². The van der Waals surface area contributed by atoms with Gasteiger partial charge in [-0.25, -0.2) is 4.79 Å². The Morgan fingerprint density at radius 1 is 1.50 bits per heavy atom. The number of nitrogens with one attached hydrogen (secondary N) is 1. The number of carbonyl (C=O) groups is 1. The largest absolute Gasteiger partial charge is 0.444 e. The van der Waals surface area contributed by atoms with Crippen LogP contribution in [0.3, 0.4) is 0 Å². The van der Waals surface area contributed by atoms with E-state index in [-0.39, 0.29) is 0 Å². The zero-order valence-electron chi connectivity index (χ0n) is 10.2. The van der Waals surface area contributed by atoms with Crippen LogP contribution in [0, 0.1) is 6.92 Å². The number of hydrogen-bond donors (Lipinski definition) is 1. The number of aryl methyl sites for hydroxylation is 1. The van der Waals surface area contributed by atoms with Crippen LogP contribution in [0.25, 0.3) is 0 Å². The van der Waals surface area contributed by atoms with E-state index < -0.39 is 11.7 Å². The number of amides is 1. The van der Waals surface area contributed by atoms with E-state index in [1.54, 1.807) is 6.20 Å². The molecular weight excluding hydrogens is 204 g/mol. The Labute approximate surface area is 96.0 Å². The molecule has 0 aliphatic carbocycles. The number of rotatable bonds is 2. The van der Waals surface area contributed by atoms with Crippen molar-refractivity contribution < 1.29 is 9.53 Å². The first-order valence-corrected chi connectivity index (χ1v) is 5.26. The Hall–Kier alpha value is -1.58. The first-order chi connectivity index (χ1) is 7.38. The second-order valence-corrected chi connectivity index (χ2v) is 4.62. The highest BCUT2D eigenvalue weighted by atomic mass is 16.6. The highest BCUT2D eigenvalue weighted by molar-refractivity contribution is 5.67. The van der Waals surface area contributed by atoms with Crippen LogP contribution in [0.4, 0.5) is 4.79 Å². The molecule has 1 aromatic rings. The van der Waals surface area contributed by atoms with Gasteiger partial charge in [0.2, 0.25) is 0 Å². The zero-order valence-corrected chi connectivity index (χ0v) is 10.2. The van der Waals surface area contributed by atoms with Crippen LogP contribution in [0.1, 0.15) is 32.0 Å². The second kappa shape index (κ2) is 4.96. The normalized spacial score (nSPS) is 11.0. The van der Waals surface area contributed by atoms with Crippen molar-refractivity contribution in [3.05, 3.63) is 29.6 Å². The smallest absolute Gasteiger partial charge is 0.407 e. The van der Waals surface area contributed by atoms with Gasteiger partial charge in [0, 0.05) is 6.20 Å². The maximum atomic E-state index is 11.4. The molecule has 0 aliphatic heterocycles. The molecule has 0 saturated heterocycles. The van der Waals surface area contributed by atoms with Gasteiger partial charge in [0.15, 0.2) is 0 Å². The van der Waals surface area contributed by atoms with Crippen molar-refractivity contribution in [2.45, 2.75) is 39.8 Å². The highest BCUT2D eigenvalue weighted by Crippen LogP contribution is 2.07. The summed E-state index contributed by atoms with van der Waals surface area (Å²) in [4.78, 5) is 15.6. The van der Waals surface area contributed by atoms with Gasteiger partial charge in [-0.1, -0.05) is 6.07 Å². The van der Waals surface area contributed by atoms with Crippen molar-refractivity contribution in [1.82, 2.24) is 10.3 Å². The maximum Gasteiger partial charge on any atom is 0.407 e. The van der Waals surface area contributed by atoms with Crippen LogP contribution < -0.4 is 5.32 Å². The van der Waals surface area contributed by atoms with Crippen LogP contribution >= 0.6 is 0 Å². The van der Waals surface area contributed by atoms with E-state index in [0.29, 0.717) is 6.54 Å².